The predicted octanol–water partition coefficient (Wildman–Crippen LogP) is 3.11. The minimum atomic E-state index is -0.902. The Labute approximate surface area is 204 Å². The lowest BCUT2D eigenvalue weighted by molar-refractivity contribution is -0.144. The second-order valence-electron chi connectivity index (χ2n) is 10.3. The Morgan fingerprint density at radius 1 is 1.06 bits per heavy atom. The number of carboxylic acid groups (broad SMARTS) is 1. The minimum Gasteiger partial charge on any atom is -0.481 e. The molecule has 2 aliphatic heterocycles. The number of carbonyl (C=O) groups is 3. The van der Waals surface area contributed by atoms with Gasteiger partial charge in [0.05, 0.1) is 31.1 Å². The number of likely N-dealkylation sites (tertiary alicyclic amines) is 1. The van der Waals surface area contributed by atoms with E-state index in [2.05, 4.69) is 29.6 Å². The number of nitrogens with one attached hydrogen (secondary N) is 1. The van der Waals surface area contributed by atoms with Gasteiger partial charge in [0.2, 0.25) is 5.91 Å². The Bertz CT molecular complexity index is 1120. The van der Waals surface area contributed by atoms with Crippen LogP contribution in [-0.4, -0.2) is 66.9 Å². The van der Waals surface area contributed by atoms with E-state index in [0.29, 0.717) is 6.54 Å². The van der Waals surface area contributed by atoms with Crippen LogP contribution in [0.2, 0.25) is 0 Å². The summed E-state index contributed by atoms with van der Waals surface area (Å²) in [4.78, 5) is 39.1. The van der Waals surface area contributed by atoms with E-state index in [9.17, 15) is 19.5 Å². The van der Waals surface area contributed by atoms with Gasteiger partial charge in [-0.05, 0) is 27.7 Å². The number of hydrogen-bond donors (Lipinski definition) is 2. The van der Waals surface area contributed by atoms with Gasteiger partial charge in [-0.2, -0.15) is 0 Å². The van der Waals surface area contributed by atoms with Gasteiger partial charge < -0.3 is 24.8 Å². The summed E-state index contributed by atoms with van der Waals surface area (Å²) < 4.78 is 11.1. The highest BCUT2D eigenvalue weighted by molar-refractivity contribution is 5.83. The van der Waals surface area contributed by atoms with Crippen LogP contribution >= 0.6 is 0 Å². The number of nitrogens with zero attached hydrogens (tertiary/aromatic N) is 1. The molecule has 0 aromatic heterocycles. The van der Waals surface area contributed by atoms with E-state index in [1.165, 1.54) is 0 Å². The Hall–Kier alpha value is -3.39. The van der Waals surface area contributed by atoms with E-state index in [0.717, 1.165) is 22.3 Å². The van der Waals surface area contributed by atoms with Crippen molar-refractivity contribution >= 4 is 18.0 Å². The number of amides is 2. The predicted molar refractivity (Wildman–Crippen MR) is 128 cm³/mol. The molecule has 2 aromatic carbocycles. The van der Waals surface area contributed by atoms with E-state index < -0.39 is 35.4 Å². The van der Waals surface area contributed by atoms with Crippen LogP contribution in [0.25, 0.3) is 11.1 Å². The van der Waals surface area contributed by atoms with Gasteiger partial charge in [-0.15, -0.1) is 0 Å². The smallest absolute Gasteiger partial charge is 0.407 e. The number of carbonyl (C=O) groups excluding carboxylic acids is 2. The maximum absolute atomic E-state index is 13.2. The molecule has 184 valence electrons. The number of fused-ring (bicyclic) bond motifs is 3. The first kappa shape index (κ1) is 23.4. The highest BCUT2D eigenvalue weighted by Gasteiger charge is 2.48. The molecule has 2 heterocycles. The standard InChI is InChI=1S/C27H30N2O6/c1-27(2)15-29(11-22(27)25(31)32)24(30)21-12-34-14-23(21)28-26(33)35-13-20-18-9-5-3-7-16(18)17-8-4-6-10-19(17)20/h3-10,20-23H,11-15H2,1-2H3,(H,28,33)(H,31,32). The van der Waals surface area contributed by atoms with Gasteiger partial charge in [0.15, 0.2) is 0 Å². The zero-order chi connectivity index (χ0) is 24.7. The fourth-order valence-corrected chi connectivity index (χ4v) is 5.68. The molecule has 2 aromatic rings. The van der Waals surface area contributed by atoms with Gasteiger partial charge in [0.1, 0.15) is 6.61 Å². The topological polar surface area (TPSA) is 105 Å². The number of hydrogen-bond acceptors (Lipinski definition) is 5. The van der Waals surface area contributed by atoms with E-state index in [1.807, 2.05) is 38.1 Å². The van der Waals surface area contributed by atoms with Crippen LogP contribution in [0.3, 0.4) is 0 Å². The van der Waals surface area contributed by atoms with Gasteiger partial charge in [0.25, 0.3) is 0 Å². The number of benzene rings is 2. The summed E-state index contributed by atoms with van der Waals surface area (Å²) in [7, 11) is 0. The third kappa shape index (κ3) is 4.27. The molecule has 0 spiro atoms. The van der Waals surface area contributed by atoms with Gasteiger partial charge >= 0.3 is 12.1 Å². The second-order valence-corrected chi connectivity index (χ2v) is 10.3. The third-order valence-electron chi connectivity index (χ3n) is 7.60. The van der Waals surface area contributed by atoms with Crippen LogP contribution in [0, 0.1) is 17.3 Å². The molecular weight excluding hydrogens is 448 g/mol. The Balaban J connectivity index is 1.21. The average molecular weight is 479 g/mol. The molecule has 0 saturated carbocycles. The van der Waals surface area contributed by atoms with Crippen molar-refractivity contribution in [1.29, 1.82) is 0 Å². The van der Waals surface area contributed by atoms with Gasteiger partial charge in [0, 0.05) is 19.0 Å². The maximum Gasteiger partial charge on any atom is 0.407 e. The SMILES string of the molecule is CC1(C)CN(C(=O)C2COCC2NC(=O)OCC2c3ccccc3-c3ccccc32)CC1C(=O)O. The first-order chi connectivity index (χ1) is 16.8. The van der Waals surface area contributed by atoms with Crippen molar-refractivity contribution < 1.29 is 29.0 Å². The van der Waals surface area contributed by atoms with Crippen molar-refractivity contribution in [3.8, 4) is 11.1 Å². The Morgan fingerprint density at radius 2 is 1.69 bits per heavy atom. The van der Waals surface area contributed by atoms with Crippen LogP contribution in [0.4, 0.5) is 4.79 Å². The van der Waals surface area contributed by atoms with E-state index in [4.69, 9.17) is 9.47 Å². The van der Waals surface area contributed by atoms with Gasteiger partial charge in [-0.3, -0.25) is 9.59 Å². The van der Waals surface area contributed by atoms with Crippen molar-refractivity contribution in [2.24, 2.45) is 17.3 Å². The fourth-order valence-electron chi connectivity index (χ4n) is 5.68. The molecule has 0 bridgehead atoms. The molecule has 2 amide bonds. The molecule has 5 rings (SSSR count). The van der Waals surface area contributed by atoms with Crippen LogP contribution in [0.1, 0.15) is 30.9 Å². The summed E-state index contributed by atoms with van der Waals surface area (Å²) >= 11 is 0. The van der Waals surface area contributed by atoms with Crippen LogP contribution in [-0.2, 0) is 19.1 Å². The van der Waals surface area contributed by atoms with Gasteiger partial charge in [-0.25, -0.2) is 4.79 Å². The summed E-state index contributed by atoms with van der Waals surface area (Å²) in [6.07, 6.45) is -0.592. The normalized spacial score (nSPS) is 24.6. The van der Waals surface area contributed by atoms with Crippen LogP contribution < -0.4 is 5.32 Å². The quantitative estimate of drug-likeness (QED) is 0.684. The molecule has 8 nitrogen and oxygen atoms in total. The summed E-state index contributed by atoms with van der Waals surface area (Å²) in [5.74, 6) is -2.34. The third-order valence-corrected chi connectivity index (χ3v) is 7.60. The maximum atomic E-state index is 13.2. The molecule has 35 heavy (non-hydrogen) atoms. The monoisotopic (exact) mass is 478 g/mol. The number of rotatable bonds is 5. The van der Waals surface area contributed by atoms with Crippen molar-refractivity contribution in [2.45, 2.75) is 25.8 Å². The van der Waals surface area contributed by atoms with Crippen LogP contribution in [0.5, 0.6) is 0 Å². The second kappa shape index (κ2) is 9.00. The largest absolute Gasteiger partial charge is 0.481 e. The Kier molecular flexibility index (Phi) is 6.01. The molecule has 3 aliphatic rings. The summed E-state index contributed by atoms with van der Waals surface area (Å²) in [6, 6.07) is 15.7. The molecule has 1 aliphatic carbocycles. The summed E-state index contributed by atoms with van der Waals surface area (Å²) in [5.41, 5.74) is 4.04. The molecule has 3 atom stereocenters. The zero-order valence-electron chi connectivity index (χ0n) is 19.9. The number of ether oxygens (including phenoxy) is 2. The summed E-state index contributed by atoms with van der Waals surface area (Å²) in [6.45, 7) is 4.81. The lowest BCUT2D eigenvalue weighted by Crippen LogP contribution is -2.47. The van der Waals surface area contributed by atoms with E-state index >= 15 is 0 Å². The van der Waals surface area contributed by atoms with Crippen molar-refractivity contribution in [2.75, 3.05) is 32.9 Å². The molecule has 2 fully saturated rings. The zero-order valence-corrected chi connectivity index (χ0v) is 19.9. The lowest BCUT2D eigenvalue weighted by Gasteiger charge is -2.25. The first-order valence-corrected chi connectivity index (χ1v) is 12.0. The molecule has 8 heteroatoms. The highest BCUT2D eigenvalue weighted by Crippen LogP contribution is 2.44. The number of alkyl carbamates (subject to hydrolysis) is 1. The molecule has 2 saturated heterocycles. The van der Waals surface area contributed by atoms with E-state index in [1.54, 1.807) is 4.90 Å². The minimum absolute atomic E-state index is 0.0507. The highest BCUT2D eigenvalue weighted by atomic mass is 16.5. The van der Waals surface area contributed by atoms with E-state index in [-0.39, 0.29) is 38.2 Å². The fraction of sp³-hybridized carbons (Fsp3) is 0.444. The number of carboxylic acids is 1. The molecule has 0 radical (unpaired) electrons. The number of aliphatic carboxylic acids is 1. The van der Waals surface area contributed by atoms with Gasteiger partial charge in [-0.1, -0.05) is 62.4 Å². The van der Waals surface area contributed by atoms with Crippen LogP contribution in [0.15, 0.2) is 48.5 Å². The molecular formula is C27H30N2O6. The molecule has 2 N–H and O–H groups in total. The first-order valence-electron chi connectivity index (χ1n) is 12.0. The van der Waals surface area contributed by atoms with Crippen molar-refractivity contribution in [3.63, 3.8) is 0 Å². The molecule has 3 unspecified atom stereocenters. The van der Waals surface area contributed by atoms with Crippen molar-refractivity contribution in [1.82, 2.24) is 10.2 Å². The summed E-state index contributed by atoms with van der Waals surface area (Å²) in [5, 5.41) is 12.3. The lowest BCUT2D eigenvalue weighted by atomic mass is 9.82. The average Bonchev–Trinajstić information content (AvgIpc) is 3.51. The van der Waals surface area contributed by atoms with Crippen molar-refractivity contribution in [3.05, 3.63) is 59.7 Å². The Morgan fingerprint density at radius 3 is 2.29 bits per heavy atom.